The van der Waals surface area contributed by atoms with E-state index in [-0.39, 0.29) is 5.91 Å². The number of benzene rings is 3. The van der Waals surface area contributed by atoms with Crippen molar-refractivity contribution in [3.63, 3.8) is 0 Å². The van der Waals surface area contributed by atoms with Crippen molar-refractivity contribution < 1.29 is 14.3 Å². The molecule has 6 nitrogen and oxygen atoms in total. The fraction of sp³-hybridized carbons (Fsp3) is 0.286. The van der Waals surface area contributed by atoms with Gasteiger partial charge in [0.15, 0.2) is 0 Å². The third-order valence-electron chi connectivity index (χ3n) is 5.85. The number of aryl methyl sites for hydroxylation is 1. The first-order valence-electron chi connectivity index (χ1n) is 11.9. The van der Waals surface area contributed by atoms with Gasteiger partial charge in [0.1, 0.15) is 23.9 Å². The van der Waals surface area contributed by atoms with E-state index in [0.717, 1.165) is 65.1 Å². The number of imidazole rings is 1. The van der Waals surface area contributed by atoms with Gasteiger partial charge in [-0.25, -0.2) is 4.98 Å². The lowest BCUT2D eigenvalue weighted by atomic mass is 10.1. The van der Waals surface area contributed by atoms with E-state index in [0.29, 0.717) is 18.7 Å². The third-order valence-corrected chi connectivity index (χ3v) is 6.37. The lowest BCUT2D eigenvalue weighted by Crippen LogP contribution is -2.24. The van der Waals surface area contributed by atoms with Gasteiger partial charge in [-0.05, 0) is 73.5 Å². The largest absolute Gasteiger partial charge is 0.497 e. The van der Waals surface area contributed by atoms with Gasteiger partial charge >= 0.3 is 0 Å². The number of ether oxygens (including phenoxy) is 2. The zero-order valence-corrected chi connectivity index (χ0v) is 21.5. The number of methoxy groups -OCH3 is 1. The van der Waals surface area contributed by atoms with Crippen LogP contribution in [0.5, 0.6) is 11.5 Å². The SMILES string of the molecule is COc1ccc(OCCn2c(CCCCCNC(=O)c3ccc(Br)cc3)nc3ccccc32)cc1. The Hall–Kier alpha value is -3.32. The van der Waals surface area contributed by atoms with Crippen molar-refractivity contribution in [2.45, 2.75) is 32.2 Å². The average molecular weight is 536 g/mol. The summed E-state index contributed by atoms with van der Waals surface area (Å²) in [5.74, 6) is 2.68. The van der Waals surface area contributed by atoms with Crippen LogP contribution < -0.4 is 14.8 Å². The number of hydrogen-bond acceptors (Lipinski definition) is 4. The minimum Gasteiger partial charge on any atom is -0.497 e. The van der Waals surface area contributed by atoms with Gasteiger partial charge in [-0.15, -0.1) is 0 Å². The van der Waals surface area contributed by atoms with Gasteiger partial charge in [0.05, 0.1) is 24.7 Å². The Bertz CT molecular complexity index is 1240. The van der Waals surface area contributed by atoms with Crippen LogP contribution in [0, 0.1) is 0 Å². The number of unbranched alkanes of at least 4 members (excludes halogenated alkanes) is 2. The molecule has 1 amide bonds. The molecule has 0 unspecified atom stereocenters. The van der Waals surface area contributed by atoms with Crippen LogP contribution in [0.1, 0.15) is 35.4 Å². The number of hydrogen-bond donors (Lipinski definition) is 1. The zero-order chi connectivity index (χ0) is 24.5. The van der Waals surface area contributed by atoms with Crippen LogP contribution in [0.25, 0.3) is 11.0 Å². The van der Waals surface area contributed by atoms with Crippen LogP contribution in [-0.4, -0.2) is 35.7 Å². The number of amides is 1. The highest BCUT2D eigenvalue weighted by atomic mass is 79.9. The van der Waals surface area contributed by atoms with Gasteiger partial charge in [0.2, 0.25) is 0 Å². The smallest absolute Gasteiger partial charge is 0.251 e. The van der Waals surface area contributed by atoms with E-state index in [4.69, 9.17) is 14.5 Å². The zero-order valence-electron chi connectivity index (χ0n) is 19.9. The lowest BCUT2D eigenvalue weighted by molar-refractivity contribution is 0.0953. The van der Waals surface area contributed by atoms with Gasteiger partial charge in [-0.3, -0.25) is 4.79 Å². The Morgan fingerprint density at radius 2 is 1.69 bits per heavy atom. The summed E-state index contributed by atoms with van der Waals surface area (Å²) in [6.07, 6.45) is 3.85. The Balaban J connectivity index is 1.26. The third kappa shape index (κ3) is 6.85. The molecular weight excluding hydrogens is 506 g/mol. The molecule has 0 spiro atoms. The maximum absolute atomic E-state index is 12.2. The molecule has 0 aliphatic carbocycles. The van der Waals surface area contributed by atoms with Gasteiger partial charge in [0, 0.05) is 23.0 Å². The molecule has 0 radical (unpaired) electrons. The molecule has 1 heterocycles. The second-order valence-electron chi connectivity index (χ2n) is 8.27. The van der Waals surface area contributed by atoms with Crippen molar-refractivity contribution in [1.29, 1.82) is 0 Å². The molecule has 0 aliphatic rings. The molecular formula is C28H30BrN3O3. The molecule has 0 bridgehead atoms. The van der Waals surface area contributed by atoms with E-state index in [1.54, 1.807) is 7.11 Å². The predicted octanol–water partition coefficient (Wildman–Crippen LogP) is 6.03. The number of carbonyl (C=O) groups is 1. The summed E-state index contributed by atoms with van der Waals surface area (Å²) in [4.78, 5) is 17.1. The van der Waals surface area contributed by atoms with E-state index in [2.05, 4.69) is 37.9 Å². The van der Waals surface area contributed by atoms with Crippen molar-refractivity contribution >= 4 is 32.9 Å². The minimum absolute atomic E-state index is 0.0313. The number of carbonyl (C=O) groups excluding carboxylic acids is 1. The van der Waals surface area contributed by atoms with E-state index in [1.165, 1.54) is 0 Å². The number of nitrogens with zero attached hydrogens (tertiary/aromatic N) is 2. The summed E-state index contributed by atoms with van der Waals surface area (Å²) >= 11 is 3.39. The average Bonchev–Trinajstić information content (AvgIpc) is 3.24. The molecule has 0 aliphatic heterocycles. The second-order valence-corrected chi connectivity index (χ2v) is 9.18. The van der Waals surface area contributed by atoms with Crippen molar-refractivity contribution in [3.05, 3.63) is 88.7 Å². The second kappa shape index (κ2) is 12.4. The molecule has 7 heteroatoms. The number of rotatable bonds is 12. The van der Waals surface area contributed by atoms with Crippen molar-refractivity contribution in [2.75, 3.05) is 20.3 Å². The van der Waals surface area contributed by atoms with Crippen LogP contribution >= 0.6 is 15.9 Å². The van der Waals surface area contributed by atoms with Crippen molar-refractivity contribution in [1.82, 2.24) is 14.9 Å². The first-order chi connectivity index (χ1) is 17.1. The summed E-state index contributed by atoms with van der Waals surface area (Å²) < 4.78 is 14.4. The number of aromatic nitrogens is 2. The summed E-state index contributed by atoms with van der Waals surface area (Å²) in [5, 5.41) is 3.00. The molecule has 0 saturated heterocycles. The molecule has 4 aromatic rings. The molecule has 182 valence electrons. The first-order valence-corrected chi connectivity index (χ1v) is 12.7. The van der Waals surface area contributed by atoms with Gasteiger partial charge in [-0.2, -0.15) is 0 Å². The maximum atomic E-state index is 12.2. The normalized spacial score (nSPS) is 10.9. The summed E-state index contributed by atoms with van der Waals surface area (Å²) in [6.45, 7) is 1.95. The van der Waals surface area contributed by atoms with Gasteiger partial charge < -0.3 is 19.4 Å². The molecule has 4 rings (SSSR count). The Morgan fingerprint density at radius 1 is 0.943 bits per heavy atom. The molecule has 1 aromatic heterocycles. The van der Waals surface area contributed by atoms with Crippen LogP contribution in [-0.2, 0) is 13.0 Å². The number of halogens is 1. The molecule has 0 saturated carbocycles. The summed E-state index contributed by atoms with van der Waals surface area (Å²) in [7, 11) is 1.65. The predicted molar refractivity (Wildman–Crippen MR) is 142 cm³/mol. The van der Waals surface area contributed by atoms with Gasteiger partial charge in [0.25, 0.3) is 5.91 Å². The van der Waals surface area contributed by atoms with E-state index < -0.39 is 0 Å². The fourth-order valence-corrected chi connectivity index (χ4v) is 4.25. The number of para-hydroxylation sites is 2. The maximum Gasteiger partial charge on any atom is 0.251 e. The van der Waals surface area contributed by atoms with E-state index in [1.807, 2.05) is 60.7 Å². The minimum atomic E-state index is -0.0313. The number of nitrogens with one attached hydrogen (secondary N) is 1. The van der Waals surface area contributed by atoms with Gasteiger partial charge in [-0.1, -0.05) is 34.5 Å². The van der Waals surface area contributed by atoms with Crippen LogP contribution in [0.15, 0.2) is 77.3 Å². The molecule has 3 aromatic carbocycles. The highest BCUT2D eigenvalue weighted by Gasteiger charge is 2.11. The van der Waals surface area contributed by atoms with E-state index >= 15 is 0 Å². The van der Waals surface area contributed by atoms with Crippen LogP contribution in [0.4, 0.5) is 0 Å². The standard InChI is InChI=1S/C28H30BrN3O3/c1-34-23-14-16-24(17-15-23)35-20-19-32-26-8-5-4-7-25(26)31-27(32)9-3-2-6-18-30-28(33)21-10-12-22(29)13-11-21/h4-5,7-8,10-17H,2-3,6,9,18-20H2,1H3,(H,30,33). The highest BCUT2D eigenvalue weighted by Crippen LogP contribution is 2.20. The molecule has 35 heavy (non-hydrogen) atoms. The highest BCUT2D eigenvalue weighted by molar-refractivity contribution is 9.10. The van der Waals surface area contributed by atoms with E-state index in [9.17, 15) is 4.79 Å². The summed E-state index contributed by atoms with van der Waals surface area (Å²) in [6, 6.07) is 23.3. The summed E-state index contributed by atoms with van der Waals surface area (Å²) in [5.41, 5.74) is 2.81. The number of fused-ring (bicyclic) bond motifs is 1. The Kier molecular flexibility index (Phi) is 8.79. The Morgan fingerprint density at radius 3 is 2.46 bits per heavy atom. The fourth-order valence-electron chi connectivity index (χ4n) is 3.98. The van der Waals surface area contributed by atoms with Crippen LogP contribution in [0.3, 0.4) is 0 Å². The van der Waals surface area contributed by atoms with Crippen molar-refractivity contribution in [3.8, 4) is 11.5 Å². The topological polar surface area (TPSA) is 65.4 Å². The Labute approximate surface area is 214 Å². The monoisotopic (exact) mass is 535 g/mol. The molecule has 0 fully saturated rings. The lowest BCUT2D eigenvalue weighted by Gasteiger charge is -2.11. The molecule has 1 N–H and O–H groups in total. The molecule has 0 atom stereocenters. The van der Waals surface area contributed by atoms with Crippen molar-refractivity contribution in [2.24, 2.45) is 0 Å². The quantitative estimate of drug-likeness (QED) is 0.225. The first kappa shape index (κ1) is 24.8. The van der Waals surface area contributed by atoms with Crippen LogP contribution in [0.2, 0.25) is 0 Å².